The van der Waals surface area contributed by atoms with E-state index < -0.39 is 17.5 Å². The molecule has 2 rings (SSSR count). The Morgan fingerprint density at radius 2 is 1.60 bits per heavy atom. The summed E-state index contributed by atoms with van der Waals surface area (Å²) in [5, 5.41) is 2.86. The van der Waals surface area contributed by atoms with Gasteiger partial charge in [-0.25, -0.2) is 23.1 Å². The van der Waals surface area contributed by atoms with Crippen LogP contribution in [0.5, 0.6) is 0 Å². The number of nitrogens with zero attached hydrogens (tertiary/aromatic N) is 2. The third-order valence-corrected chi connectivity index (χ3v) is 2.84. The molecule has 0 saturated carbocycles. The van der Waals surface area contributed by atoms with Crippen LogP contribution in [0, 0.1) is 17.5 Å². The van der Waals surface area contributed by atoms with Crippen LogP contribution in [0.25, 0.3) is 11.4 Å². The van der Waals surface area contributed by atoms with Crippen molar-refractivity contribution >= 4 is 5.82 Å². The average Bonchev–Trinajstić information content (AvgIpc) is 2.43. The zero-order chi connectivity index (χ0) is 14.9. The van der Waals surface area contributed by atoms with Crippen molar-refractivity contribution in [2.75, 3.05) is 12.4 Å². The summed E-state index contributed by atoms with van der Waals surface area (Å²) in [6, 6.07) is 3.53. The van der Waals surface area contributed by atoms with Gasteiger partial charge in [-0.15, -0.1) is 0 Å². The molecular formula is C14H14F3N3. The summed E-state index contributed by atoms with van der Waals surface area (Å²) in [4.78, 5) is 8.39. The molecule has 0 aliphatic heterocycles. The Kier molecular flexibility index (Phi) is 3.92. The molecule has 0 radical (unpaired) electrons. The van der Waals surface area contributed by atoms with Crippen LogP contribution in [0.3, 0.4) is 0 Å². The number of aromatic nitrogens is 2. The summed E-state index contributed by atoms with van der Waals surface area (Å²) in [6.45, 7) is 3.88. The number of hydrogen-bond donors (Lipinski definition) is 1. The molecule has 1 heterocycles. The highest BCUT2D eigenvalue weighted by Gasteiger charge is 2.15. The Labute approximate surface area is 114 Å². The van der Waals surface area contributed by atoms with Crippen molar-refractivity contribution in [1.29, 1.82) is 0 Å². The number of hydrogen-bond acceptors (Lipinski definition) is 3. The van der Waals surface area contributed by atoms with Gasteiger partial charge in [0.1, 0.15) is 5.82 Å². The van der Waals surface area contributed by atoms with E-state index >= 15 is 0 Å². The van der Waals surface area contributed by atoms with Gasteiger partial charge >= 0.3 is 0 Å². The highest BCUT2D eigenvalue weighted by molar-refractivity contribution is 5.58. The minimum absolute atomic E-state index is 0.0976. The fourth-order valence-corrected chi connectivity index (χ4v) is 1.70. The average molecular weight is 281 g/mol. The van der Waals surface area contributed by atoms with Gasteiger partial charge in [0.15, 0.2) is 23.3 Å². The van der Waals surface area contributed by atoms with Crippen LogP contribution in [0.2, 0.25) is 0 Å². The number of nitrogens with one attached hydrogen (secondary N) is 1. The SMILES string of the molecule is CNc1cc(C(C)C)nc(-c2cc(F)c(F)c(F)c2)n1. The van der Waals surface area contributed by atoms with E-state index in [2.05, 4.69) is 15.3 Å². The highest BCUT2D eigenvalue weighted by Crippen LogP contribution is 2.24. The van der Waals surface area contributed by atoms with E-state index in [9.17, 15) is 13.2 Å². The van der Waals surface area contributed by atoms with E-state index in [1.165, 1.54) is 0 Å². The normalized spacial score (nSPS) is 10.9. The number of benzene rings is 1. The predicted octanol–water partition coefficient (Wildman–Crippen LogP) is 3.73. The second-order valence-electron chi connectivity index (χ2n) is 4.66. The third-order valence-electron chi connectivity index (χ3n) is 2.84. The Bertz CT molecular complexity index is 619. The second kappa shape index (κ2) is 5.48. The molecule has 1 aromatic carbocycles. The van der Waals surface area contributed by atoms with Crippen molar-refractivity contribution in [3.8, 4) is 11.4 Å². The van der Waals surface area contributed by atoms with Gasteiger partial charge in [0, 0.05) is 24.4 Å². The lowest BCUT2D eigenvalue weighted by Gasteiger charge is -2.10. The Hall–Kier alpha value is -2.11. The maximum absolute atomic E-state index is 13.3. The third kappa shape index (κ3) is 2.74. The van der Waals surface area contributed by atoms with Crippen molar-refractivity contribution in [2.45, 2.75) is 19.8 Å². The summed E-state index contributed by atoms with van der Waals surface area (Å²) >= 11 is 0. The van der Waals surface area contributed by atoms with Gasteiger partial charge in [-0.2, -0.15) is 0 Å². The zero-order valence-corrected chi connectivity index (χ0v) is 11.3. The minimum atomic E-state index is -1.50. The molecule has 0 spiro atoms. The Morgan fingerprint density at radius 3 is 2.10 bits per heavy atom. The van der Waals surface area contributed by atoms with Crippen LogP contribution in [-0.2, 0) is 0 Å². The fourth-order valence-electron chi connectivity index (χ4n) is 1.70. The second-order valence-corrected chi connectivity index (χ2v) is 4.66. The standard InChI is InChI=1S/C14H14F3N3/c1-7(2)11-6-12(18-3)20-14(19-11)8-4-9(15)13(17)10(16)5-8/h4-7H,1-3H3,(H,18,19,20). The van der Waals surface area contributed by atoms with E-state index in [-0.39, 0.29) is 17.3 Å². The van der Waals surface area contributed by atoms with Gasteiger partial charge in [0.25, 0.3) is 0 Å². The van der Waals surface area contributed by atoms with Gasteiger partial charge in [-0.3, -0.25) is 0 Å². The molecule has 0 fully saturated rings. The number of anilines is 1. The van der Waals surface area contributed by atoms with Crippen LogP contribution < -0.4 is 5.32 Å². The molecule has 0 atom stereocenters. The lowest BCUT2D eigenvalue weighted by Crippen LogP contribution is -2.03. The Morgan fingerprint density at radius 1 is 1.00 bits per heavy atom. The van der Waals surface area contributed by atoms with E-state index in [1.807, 2.05) is 13.8 Å². The number of halogens is 3. The molecule has 106 valence electrons. The largest absolute Gasteiger partial charge is 0.373 e. The van der Waals surface area contributed by atoms with Crippen LogP contribution in [0.15, 0.2) is 18.2 Å². The van der Waals surface area contributed by atoms with Gasteiger partial charge in [-0.05, 0) is 18.1 Å². The first-order valence-electron chi connectivity index (χ1n) is 6.14. The maximum Gasteiger partial charge on any atom is 0.194 e. The van der Waals surface area contributed by atoms with E-state index in [4.69, 9.17) is 0 Å². The molecule has 0 unspecified atom stereocenters. The Balaban J connectivity index is 2.60. The van der Waals surface area contributed by atoms with Crippen LogP contribution >= 0.6 is 0 Å². The molecule has 0 amide bonds. The summed E-state index contributed by atoms with van der Waals surface area (Å²) in [6.07, 6.45) is 0. The smallest absolute Gasteiger partial charge is 0.194 e. The number of rotatable bonds is 3. The molecule has 0 aliphatic carbocycles. The van der Waals surface area contributed by atoms with E-state index in [1.54, 1.807) is 13.1 Å². The maximum atomic E-state index is 13.3. The summed E-state index contributed by atoms with van der Waals surface area (Å²) < 4.78 is 39.5. The monoisotopic (exact) mass is 281 g/mol. The molecular weight excluding hydrogens is 267 g/mol. The summed E-state index contributed by atoms with van der Waals surface area (Å²) in [5.41, 5.74) is 0.824. The van der Waals surface area contributed by atoms with E-state index in [0.29, 0.717) is 5.82 Å². The van der Waals surface area contributed by atoms with Crippen LogP contribution in [-0.4, -0.2) is 17.0 Å². The first kappa shape index (κ1) is 14.3. The lowest BCUT2D eigenvalue weighted by molar-refractivity contribution is 0.447. The van der Waals surface area contributed by atoms with Crippen LogP contribution in [0.1, 0.15) is 25.5 Å². The lowest BCUT2D eigenvalue weighted by atomic mass is 10.1. The fraction of sp³-hybridized carbons (Fsp3) is 0.286. The van der Waals surface area contributed by atoms with Crippen molar-refractivity contribution in [3.63, 3.8) is 0 Å². The molecule has 20 heavy (non-hydrogen) atoms. The molecule has 6 heteroatoms. The molecule has 0 saturated heterocycles. The first-order chi connectivity index (χ1) is 9.42. The van der Waals surface area contributed by atoms with Gasteiger partial charge in [0.2, 0.25) is 0 Å². The molecule has 0 bridgehead atoms. The molecule has 1 aromatic heterocycles. The zero-order valence-electron chi connectivity index (χ0n) is 11.3. The molecule has 2 aromatic rings. The summed E-state index contributed by atoms with van der Waals surface area (Å²) in [5.74, 6) is -3.21. The highest BCUT2D eigenvalue weighted by atomic mass is 19.2. The molecule has 0 aliphatic rings. The first-order valence-corrected chi connectivity index (χ1v) is 6.14. The van der Waals surface area contributed by atoms with Crippen molar-refractivity contribution in [2.24, 2.45) is 0 Å². The van der Waals surface area contributed by atoms with Crippen molar-refractivity contribution in [3.05, 3.63) is 41.3 Å². The van der Waals surface area contributed by atoms with Gasteiger partial charge < -0.3 is 5.32 Å². The minimum Gasteiger partial charge on any atom is -0.373 e. The van der Waals surface area contributed by atoms with Crippen molar-refractivity contribution < 1.29 is 13.2 Å². The van der Waals surface area contributed by atoms with Gasteiger partial charge in [0.05, 0.1) is 0 Å². The predicted molar refractivity (Wildman–Crippen MR) is 71.0 cm³/mol. The quantitative estimate of drug-likeness (QED) is 0.871. The van der Waals surface area contributed by atoms with Gasteiger partial charge in [-0.1, -0.05) is 13.8 Å². The molecule has 1 N–H and O–H groups in total. The summed E-state index contributed by atoms with van der Waals surface area (Å²) in [7, 11) is 1.68. The van der Waals surface area contributed by atoms with Crippen LogP contribution in [0.4, 0.5) is 19.0 Å². The van der Waals surface area contributed by atoms with Crippen molar-refractivity contribution in [1.82, 2.24) is 9.97 Å². The molecule has 3 nitrogen and oxygen atoms in total. The van der Waals surface area contributed by atoms with E-state index in [0.717, 1.165) is 17.8 Å². The topological polar surface area (TPSA) is 37.8 Å².